The van der Waals surface area contributed by atoms with Gasteiger partial charge in [0.25, 0.3) is 0 Å². The Hall–Kier alpha value is -2.86. The molecule has 0 fully saturated rings. The maximum Gasteiger partial charge on any atom is 0.307 e. The molecule has 0 saturated carbocycles. The van der Waals surface area contributed by atoms with E-state index in [-0.39, 0.29) is 17.2 Å². The lowest BCUT2D eigenvalue weighted by atomic mass is 10.2. The molecule has 0 aliphatic carbocycles. The van der Waals surface area contributed by atoms with Crippen LogP contribution in [0.3, 0.4) is 0 Å². The number of hydrogen-bond donors (Lipinski definition) is 1. The second-order valence-corrected chi connectivity index (χ2v) is 6.85. The van der Waals surface area contributed by atoms with Crippen LogP contribution in [0, 0.1) is 13.8 Å². The number of rotatable bonds is 6. The zero-order valence-electron chi connectivity index (χ0n) is 14.7. The number of anilines is 1. The maximum absolute atomic E-state index is 12.1. The zero-order chi connectivity index (χ0) is 18.5. The molecule has 2 aromatic carbocycles. The van der Waals surface area contributed by atoms with E-state index in [0.717, 1.165) is 22.8 Å². The molecule has 26 heavy (non-hydrogen) atoms. The number of carbonyl (C=O) groups is 1. The number of aromatic nitrogens is 1. The average molecular weight is 368 g/mol. The van der Waals surface area contributed by atoms with Crippen molar-refractivity contribution in [3.63, 3.8) is 0 Å². The van der Waals surface area contributed by atoms with Gasteiger partial charge in [-0.3, -0.25) is 9.59 Å². The highest BCUT2D eigenvalue weighted by Crippen LogP contribution is 2.23. The molecule has 5 nitrogen and oxygen atoms in total. The molecule has 0 atom stereocenters. The normalized spacial score (nSPS) is 10.5. The summed E-state index contributed by atoms with van der Waals surface area (Å²) in [5.41, 5.74) is 2.75. The van der Waals surface area contributed by atoms with Crippen molar-refractivity contribution in [1.29, 1.82) is 0 Å². The van der Waals surface area contributed by atoms with Gasteiger partial charge >= 0.3 is 4.87 Å². The standard InChI is InChI=1S/C20H20N2O3S/c1-14-3-7-17(8-4-14)25-18-9-5-16(6-10-18)21-19(23)11-12-22-15(2)13-26-20(22)24/h3-10,13H,11-12H2,1-2H3,(H,21,23). The van der Waals surface area contributed by atoms with Gasteiger partial charge in [0.1, 0.15) is 11.5 Å². The third-order valence-electron chi connectivity index (χ3n) is 3.93. The Kier molecular flexibility index (Phi) is 5.53. The second kappa shape index (κ2) is 8.01. The molecule has 0 spiro atoms. The molecular weight excluding hydrogens is 348 g/mol. The largest absolute Gasteiger partial charge is 0.457 e. The number of aryl methyl sites for hydroxylation is 2. The lowest BCUT2D eigenvalue weighted by Crippen LogP contribution is -2.20. The Morgan fingerprint density at radius 1 is 1.04 bits per heavy atom. The first kappa shape index (κ1) is 17.9. The van der Waals surface area contributed by atoms with Gasteiger partial charge in [0, 0.05) is 29.7 Å². The van der Waals surface area contributed by atoms with Crippen LogP contribution in [0.4, 0.5) is 5.69 Å². The van der Waals surface area contributed by atoms with Crippen molar-refractivity contribution < 1.29 is 9.53 Å². The van der Waals surface area contributed by atoms with E-state index in [0.29, 0.717) is 18.0 Å². The summed E-state index contributed by atoms with van der Waals surface area (Å²) >= 11 is 1.15. The van der Waals surface area contributed by atoms with Gasteiger partial charge in [-0.05, 0) is 50.2 Å². The minimum absolute atomic E-state index is 0.0343. The van der Waals surface area contributed by atoms with E-state index in [1.54, 1.807) is 22.1 Å². The summed E-state index contributed by atoms with van der Waals surface area (Å²) in [6.07, 6.45) is 0.249. The fourth-order valence-electron chi connectivity index (χ4n) is 2.46. The minimum Gasteiger partial charge on any atom is -0.457 e. The molecule has 6 heteroatoms. The van der Waals surface area contributed by atoms with E-state index >= 15 is 0 Å². The summed E-state index contributed by atoms with van der Waals surface area (Å²) in [5.74, 6) is 1.34. The number of nitrogens with zero attached hydrogens (tertiary/aromatic N) is 1. The number of hydrogen-bond acceptors (Lipinski definition) is 4. The van der Waals surface area contributed by atoms with Crippen LogP contribution in [0.25, 0.3) is 0 Å². The number of nitrogens with one attached hydrogen (secondary N) is 1. The molecule has 1 heterocycles. The number of amides is 1. The molecule has 0 aliphatic heterocycles. The molecular formula is C20H20N2O3S. The van der Waals surface area contributed by atoms with E-state index in [9.17, 15) is 9.59 Å². The number of ether oxygens (including phenoxy) is 1. The smallest absolute Gasteiger partial charge is 0.307 e. The Morgan fingerprint density at radius 3 is 2.23 bits per heavy atom. The van der Waals surface area contributed by atoms with Crippen molar-refractivity contribution in [2.45, 2.75) is 26.8 Å². The quantitative estimate of drug-likeness (QED) is 0.704. The summed E-state index contributed by atoms with van der Waals surface area (Å²) < 4.78 is 7.38. The minimum atomic E-state index is -0.130. The molecule has 3 aromatic rings. The van der Waals surface area contributed by atoms with Crippen LogP contribution < -0.4 is 14.9 Å². The summed E-state index contributed by atoms with van der Waals surface area (Å²) in [7, 11) is 0. The molecule has 1 amide bonds. The fraction of sp³-hybridized carbons (Fsp3) is 0.200. The molecule has 0 radical (unpaired) electrons. The van der Waals surface area contributed by atoms with Crippen molar-refractivity contribution in [1.82, 2.24) is 4.57 Å². The first-order chi connectivity index (χ1) is 12.5. The summed E-state index contributed by atoms with van der Waals surface area (Å²) in [4.78, 5) is 23.7. The SMILES string of the molecule is Cc1ccc(Oc2ccc(NC(=O)CCn3c(C)csc3=O)cc2)cc1. The Bertz CT molecular complexity index is 940. The Labute approximate surface area is 155 Å². The molecule has 0 bridgehead atoms. The Balaban J connectivity index is 1.54. The summed E-state index contributed by atoms with van der Waals surface area (Å²) in [6, 6.07) is 15.0. The van der Waals surface area contributed by atoms with Gasteiger partial charge < -0.3 is 14.6 Å². The molecule has 3 rings (SSSR count). The van der Waals surface area contributed by atoms with Crippen LogP contribution in [0.15, 0.2) is 58.7 Å². The predicted octanol–water partition coefficient (Wildman–Crippen LogP) is 4.35. The van der Waals surface area contributed by atoms with Gasteiger partial charge in [0.2, 0.25) is 5.91 Å². The number of thiazole rings is 1. The summed E-state index contributed by atoms with van der Waals surface area (Å²) in [5, 5.41) is 4.63. The van der Waals surface area contributed by atoms with E-state index in [1.165, 1.54) is 5.56 Å². The molecule has 0 aliphatic rings. The lowest BCUT2D eigenvalue weighted by molar-refractivity contribution is -0.116. The van der Waals surface area contributed by atoms with Crippen molar-refractivity contribution in [2.75, 3.05) is 5.32 Å². The highest BCUT2D eigenvalue weighted by atomic mass is 32.1. The van der Waals surface area contributed by atoms with Gasteiger partial charge in [0.05, 0.1) is 0 Å². The van der Waals surface area contributed by atoms with E-state index in [2.05, 4.69) is 5.32 Å². The van der Waals surface area contributed by atoms with Crippen LogP contribution in [-0.2, 0) is 11.3 Å². The lowest BCUT2D eigenvalue weighted by Gasteiger charge is -2.09. The maximum atomic E-state index is 12.1. The van der Waals surface area contributed by atoms with Crippen molar-refractivity contribution in [3.8, 4) is 11.5 Å². The average Bonchev–Trinajstić information content (AvgIpc) is 2.95. The third kappa shape index (κ3) is 4.61. The van der Waals surface area contributed by atoms with Crippen molar-refractivity contribution >= 4 is 22.9 Å². The van der Waals surface area contributed by atoms with Crippen molar-refractivity contribution in [2.24, 2.45) is 0 Å². The first-order valence-electron chi connectivity index (χ1n) is 8.30. The number of carbonyl (C=O) groups excluding carboxylic acids is 1. The highest BCUT2D eigenvalue weighted by molar-refractivity contribution is 7.07. The zero-order valence-corrected chi connectivity index (χ0v) is 15.5. The van der Waals surface area contributed by atoms with Crippen LogP contribution in [0.5, 0.6) is 11.5 Å². The van der Waals surface area contributed by atoms with Gasteiger partial charge in [-0.15, -0.1) is 0 Å². The van der Waals surface area contributed by atoms with Crippen LogP contribution >= 0.6 is 11.3 Å². The van der Waals surface area contributed by atoms with Gasteiger partial charge in [-0.25, -0.2) is 0 Å². The topological polar surface area (TPSA) is 60.3 Å². The molecule has 134 valence electrons. The monoisotopic (exact) mass is 368 g/mol. The Morgan fingerprint density at radius 2 is 1.65 bits per heavy atom. The van der Waals surface area contributed by atoms with Gasteiger partial charge in [-0.2, -0.15) is 0 Å². The fourth-order valence-corrected chi connectivity index (χ4v) is 3.22. The second-order valence-electron chi connectivity index (χ2n) is 6.03. The predicted molar refractivity (Wildman–Crippen MR) is 104 cm³/mol. The third-order valence-corrected chi connectivity index (χ3v) is 4.81. The van der Waals surface area contributed by atoms with Crippen molar-refractivity contribution in [3.05, 3.63) is 74.8 Å². The molecule has 1 N–H and O–H groups in total. The number of benzene rings is 2. The van der Waals surface area contributed by atoms with Gasteiger partial charge in [0.15, 0.2) is 0 Å². The molecule has 0 saturated heterocycles. The van der Waals surface area contributed by atoms with E-state index in [4.69, 9.17) is 4.74 Å². The van der Waals surface area contributed by atoms with Crippen LogP contribution in [0.1, 0.15) is 17.7 Å². The molecule has 0 unspecified atom stereocenters. The molecule has 1 aromatic heterocycles. The summed E-state index contributed by atoms with van der Waals surface area (Å²) in [6.45, 7) is 4.27. The highest BCUT2D eigenvalue weighted by Gasteiger charge is 2.07. The van der Waals surface area contributed by atoms with Crippen LogP contribution in [-0.4, -0.2) is 10.5 Å². The van der Waals surface area contributed by atoms with Gasteiger partial charge in [-0.1, -0.05) is 29.0 Å². The van der Waals surface area contributed by atoms with E-state index in [1.807, 2.05) is 50.2 Å². The first-order valence-corrected chi connectivity index (χ1v) is 9.18. The van der Waals surface area contributed by atoms with E-state index < -0.39 is 0 Å². The van der Waals surface area contributed by atoms with Crippen LogP contribution in [0.2, 0.25) is 0 Å².